The highest BCUT2D eigenvalue weighted by molar-refractivity contribution is 5.80. The fourth-order valence-corrected chi connectivity index (χ4v) is 2.39. The third-order valence-corrected chi connectivity index (χ3v) is 4.02. The summed E-state index contributed by atoms with van der Waals surface area (Å²) in [5.74, 6) is -1.18. The fraction of sp³-hybridized carbons (Fsp3) is 0.857. The summed E-state index contributed by atoms with van der Waals surface area (Å²) in [6.07, 6.45) is 2.75. The number of hydrogen-bond acceptors (Lipinski definition) is 3. The minimum atomic E-state index is -0.770. The second-order valence-electron chi connectivity index (χ2n) is 5.76. The molecule has 2 N–H and O–H groups in total. The van der Waals surface area contributed by atoms with Crippen molar-refractivity contribution in [3.8, 4) is 0 Å². The highest BCUT2D eigenvalue weighted by Crippen LogP contribution is 2.30. The van der Waals surface area contributed by atoms with E-state index in [0.717, 1.165) is 13.0 Å². The molecule has 2 atom stereocenters. The minimum Gasteiger partial charge on any atom is -0.481 e. The van der Waals surface area contributed by atoms with Crippen molar-refractivity contribution < 1.29 is 14.7 Å². The number of nitrogens with one attached hydrogen (secondary N) is 1. The molecule has 110 valence electrons. The molecule has 0 radical (unpaired) electrons. The summed E-state index contributed by atoms with van der Waals surface area (Å²) < 4.78 is 0. The molecular weight excluding hydrogens is 244 g/mol. The summed E-state index contributed by atoms with van der Waals surface area (Å²) in [7, 11) is 2.07. The molecule has 5 nitrogen and oxygen atoms in total. The van der Waals surface area contributed by atoms with Crippen LogP contribution in [-0.2, 0) is 9.59 Å². The van der Waals surface area contributed by atoms with E-state index in [1.54, 1.807) is 0 Å². The van der Waals surface area contributed by atoms with E-state index in [-0.39, 0.29) is 17.7 Å². The average Bonchev–Trinajstić information content (AvgIpc) is 2.83. The normalized spacial score (nSPS) is 23.0. The Morgan fingerprint density at radius 3 is 2.47 bits per heavy atom. The summed E-state index contributed by atoms with van der Waals surface area (Å²) in [4.78, 5) is 24.9. The molecule has 1 aliphatic carbocycles. The van der Waals surface area contributed by atoms with E-state index in [9.17, 15) is 9.59 Å². The number of carboxylic acids is 1. The Balaban J connectivity index is 2.17. The largest absolute Gasteiger partial charge is 0.481 e. The maximum atomic E-state index is 11.9. The van der Waals surface area contributed by atoms with E-state index in [1.807, 2.05) is 0 Å². The first-order chi connectivity index (χ1) is 8.91. The van der Waals surface area contributed by atoms with Gasteiger partial charge in [-0.15, -0.1) is 0 Å². The molecule has 0 saturated heterocycles. The number of amides is 1. The summed E-state index contributed by atoms with van der Waals surface area (Å²) in [6, 6.07) is 0.516. The zero-order valence-corrected chi connectivity index (χ0v) is 12.2. The number of carbonyl (C=O) groups excluding carboxylic acids is 1. The SMILES string of the molecule is CC(C)N(C)CCCNC(=O)C1CCC(C(=O)O)C1. The van der Waals surface area contributed by atoms with Gasteiger partial charge in [-0.1, -0.05) is 0 Å². The Kier molecular flexibility index (Phi) is 6.28. The number of carboxylic acid groups (broad SMARTS) is 1. The number of carbonyl (C=O) groups is 2. The summed E-state index contributed by atoms with van der Waals surface area (Å²) >= 11 is 0. The van der Waals surface area contributed by atoms with Gasteiger partial charge in [0.1, 0.15) is 0 Å². The van der Waals surface area contributed by atoms with Crippen LogP contribution < -0.4 is 5.32 Å². The van der Waals surface area contributed by atoms with Crippen LogP contribution in [0.4, 0.5) is 0 Å². The minimum absolute atomic E-state index is 0.0240. The third-order valence-electron chi connectivity index (χ3n) is 4.02. The van der Waals surface area contributed by atoms with E-state index in [4.69, 9.17) is 5.11 Å². The van der Waals surface area contributed by atoms with Crippen molar-refractivity contribution in [2.45, 2.75) is 45.6 Å². The van der Waals surface area contributed by atoms with Crippen molar-refractivity contribution in [2.75, 3.05) is 20.1 Å². The van der Waals surface area contributed by atoms with E-state index >= 15 is 0 Å². The van der Waals surface area contributed by atoms with Gasteiger partial charge in [0.2, 0.25) is 5.91 Å². The second-order valence-corrected chi connectivity index (χ2v) is 5.76. The lowest BCUT2D eigenvalue weighted by Gasteiger charge is -2.21. The van der Waals surface area contributed by atoms with Crippen LogP contribution in [0, 0.1) is 11.8 Å². The van der Waals surface area contributed by atoms with Crippen LogP contribution in [0.25, 0.3) is 0 Å². The molecule has 19 heavy (non-hydrogen) atoms. The summed E-state index contributed by atoms with van der Waals surface area (Å²) in [6.45, 7) is 5.91. The predicted octanol–water partition coefficient (Wildman–Crippen LogP) is 1.33. The first kappa shape index (κ1) is 16.0. The van der Waals surface area contributed by atoms with Gasteiger partial charge < -0.3 is 15.3 Å². The molecule has 0 aromatic carbocycles. The molecule has 0 aromatic heterocycles. The highest BCUT2D eigenvalue weighted by Gasteiger charge is 2.33. The molecule has 1 saturated carbocycles. The monoisotopic (exact) mass is 270 g/mol. The number of hydrogen-bond donors (Lipinski definition) is 2. The van der Waals surface area contributed by atoms with Gasteiger partial charge in [-0.3, -0.25) is 9.59 Å². The molecular formula is C14H26N2O3. The first-order valence-corrected chi connectivity index (χ1v) is 7.12. The number of aliphatic carboxylic acids is 1. The third kappa shape index (κ3) is 5.19. The molecule has 0 heterocycles. The van der Waals surface area contributed by atoms with Crippen molar-refractivity contribution in [1.29, 1.82) is 0 Å². The van der Waals surface area contributed by atoms with E-state index in [1.165, 1.54) is 0 Å². The number of nitrogens with zero attached hydrogens (tertiary/aromatic N) is 1. The molecule has 1 amide bonds. The van der Waals surface area contributed by atoms with Crippen molar-refractivity contribution in [2.24, 2.45) is 11.8 Å². The standard InChI is InChI=1S/C14H26N2O3/c1-10(2)16(3)8-4-7-15-13(17)11-5-6-12(9-11)14(18)19/h10-12H,4-9H2,1-3H3,(H,15,17)(H,18,19). The van der Waals surface area contributed by atoms with Gasteiger partial charge in [-0.05, 0) is 53.1 Å². The molecule has 0 spiro atoms. The van der Waals surface area contributed by atoms with Crippen LogP contribution in [0.1, 0.15) is 39.5 Å². The lowest BCUT2D eigenvalue weighted by atomic mass is 10.0. The van der Waals surface area contributed by atoms with E-state index in [2.05, 4.69) is 31.1 Å². The van der Waals surface area contributed by atoms with Gasteiger partial charge in [-0.2, -0.15) is 0 Å². The van der Waals surface area contributed by atoms with Gasteiger partial charge in [0.05, 0.1) is 5.92 Å². The Labute approximate surface area is 115 Å². The van der Waals surface area contributed by atoms with Crippen LogP contribution >= 0.6 is 0 Å². The Morgan fingerprint density at radius 2 is 1.95 bits per heavy atom. The van der Waals surface area contributed by atoms with E-state index in [0.29, 0.717) is 31.8 Å². The van der Waals surface area contributed by atoms with E-state index < -0.39 is 5.97 Å². The first-order valence-electron chi connectivity index (χ1n) is 7.12. The Bertz CT molecular complexity index is 318. The number of rotatable bonds is 7. The quantitative estimate of drug-likeness (QED) is 0.685. The van der Waals surface area contributed by atoms with Crippen LogP contribution in [0.5, 0.6) is 0 Å². The lowest BCUT2D eigenvalue weighted by Crippen LogP contribution is -2.33. The topological polar surface area (TPSA) is 69.6 Å². The van der Waals surface area contributed by atoms with Crippen molar-refractivity contribution in [3.05, 3.63) is 0 Å². The Hall–Kier alpha value is -1.10. The van der Waals surface area contributed by atoms with Gasteiger partial charge in [0.15, 0.2) is 0 Å². The van der Waals surface area contributed by atoms with Crippen LogP contribution in [0.2, 0.25) is 0 Å². The molecule has 1 fully saturated rings. The van der Waals surface area contributed by atoms with Crippen molar-refractivity contribution >= 4 is 11.9 Å². The van der Waals surface area contributed by atoms with Crippen LogP contribution in [0.15, 0.2) is 0 Å². The second kappa shape index (κ2) is 7.48. The van der Waals surface area contributed by atoms with Gasteiger partial charge in [0.25, 0.3) is 0 Å². The van der Waals surface area contributed by atoms with Crippen LogP contribution in [0.3, 0.4) is 0 Å². The predicted molar refractivity (Wildman–Crippen MR) is 73.9 cm³/mol. The van der Waals surface area contributed by atoms with Gasteiger partial charge in [0, 0.05) is 18.5 Å². The zero-order chi connectivity index (χ0) is 14.4. The smallest absolute Gasteiger partial charge is 0.306 e. The molecule has 0 aromatic rings. The van der Waals surface area contributed by atoms with Gasteiger partial charge in [-0.25, -0.2) is 0 Å². The lowest BCUT2D eigenvalue weighted by molar-refractivity contribution is -0.141. The maximum Gasteiger partial charge on any atom is 0.306 e. The summed E-state index contributed by atoms with van der Waals surface area (Å²) in [5.41, 5.74) is 0. The molecule has 0 bridgehead atoms. The molecule has 2 unspecified atom stereocenters. The molecule has 5 heteroatoms. The maximum absolute atomic E-state index is 11.9. The van der Waals surface area contributed by atoms with Crippen LogP contribution in [-0.4, -0.2) is 48.1 Å². The summed E-state index contributed by atoms with van der Waals surface area (Å²) in [5, 5.41) is 11.8. The Morgan fingerprint density at radius 1 is 1.32 bits per heavy atom. The fourth-order valence-electron chi connectivity index (χ4n) is 2.39. The molecule has 1 aliphatic rings. The van der Waals surface area contributed by atoms with Crippen molar-refractivity contribution in [1.82, 2.24) is 10.2 Å². The van der Waals surface area contributed by atoms with Crippen molar-refractivity contribution in [3.63, 3.8) is 0 Å². The van der Waals surface area contributed by atoms with Gasteiger partial charge >= 0.3 is 5.97 Å². The molecule has 1 rings (SSSR count). The zero-order valence-electron chi connectivity index (χ0n) is 12.2. The molecule has 0 aliphatic heterocycles. The average molecular weight is 270 g/mol. The highest BCUT2D eigenvalue weighted by atomic mass is 16.4.